The molecule has 0 aliphatic rings. The molecule has 26 heavy (non-hydrogen) atoms. The lowest BCUT2D eigenvalue weighted by atomic mass is 10.2. The van der Waals surface area contributed by atoms with Gasteiger partial charge in [0.25, 0.3) is 0 Å². The Hall–Kier alpha value is -3.55. The fraction of sp³-hybridized carbons (Fsp3) is 0.167. The van der Waals surface area contributed by atoms with Crippen LogP contribution in [0.2, 0.25) is 0 Å². The molecular formula is C18H16N6O2. The first kappa shape index (κ1) is 15.9. The van der Waals surface area contributed by atoms with E-state index in [1.54, 1.807) is 18.2 Å². The van der Waals surface area contributed by atoms with E-state index in [4.69, 9.17) is 0 Å². The second-order valence-electron chi connectivity index (χ2n) is 5.83. The minimum absolute atomic E-state index is 0.0430. The average molecular weight is 348 g/mol. The molecule has 1 aromatic carbocycles. The molecule has 8 nitrogen and oxygen atoms in total. The van der Waals surface area contributed by atoms with Crippen molar-refractivity contribution in [3.63, 3.8) is 0 Å². The number of amides is 1. The number of hydrogen-bond acceptors (Lipinski definition) is 5. The zero-order valence-corrected chi connectivity index (χ0v) is 13.9. The molecule has 0 radical (unpaired) electrons. The molecular weight excluding hydrogens is 332 g/mol. The van der Waals surface area contributed by atoms with E-state index in [1.807, 2.05) is 34.9 Å². The quantitative estimate of drug-likeness (QED) is 0.576. The lowest BCUT2D eigenvalue weighted by molar-refractivity contribution is -0.121. The molecule has 1 N–H and O–H groups in total. The standard InChI is InChI=1S/C18H16N6O2/c25-15-11-20-24(14-6-2-1-5-13(14)15)12-18(26)19-9-8-17-22-21-16-7-3-4-10-23(16)17/h1-7,10-11H,8-9,12H2,(H,19,26). The number of benzene rings is 1. The third-order valence-electron chi connectivity index (χ3n) is 4.11. The molecule has 0 spiro atoms. The van der Waals surface area contributed by atoms with Gasteiger partial charge in [-0.25, -0.2) is 0 Å². The van der Waals surface area contributed by atoms with Gasteiger partial charge in [-0.3, -0.25) is 18.7 Å². The van der Waals surface area contributed by atoms with Crippen LogP contribution >= 0.6 is 0 Å². The minimum Gasteiger partial charge on any atom is -0.354 e. The van der Waals surface area contributed by atoms with Crippen molar-refractivity contribution in [3.05, 3.63) is 70.9 Å². The topological polar surface area (TPSA) is 94.2 Å². The van der Waals surface area contributed by atoms with Gasteiger partial charge >= 0.3 is 0 Å². The van der Waals surface area contributed by atoms with Gasteiger partial charge in [0.15, 0.2) is 5.65 Å². The van der Waals surface area contributed by atoms with Gasteiger partial charge in [-0.05, 0) is 24.3 Å². The molecule has 8 heteroatoms. The van der Waals surface area contributed by atoms with E-state index >= 15 is 0 Å². The number of aromatic nitrogens is 5. The van der Waals surface area contributed by atoms with Crippen LogP contribution in [-0.4, -0.2) is 36.8 Å². The van der Waals surface area contributed by atoms with Crippen LogP contribution in [0.25, 0.3) is 16.6 Å². The summed E-state index contributed by atoms with van der Waals surface area (Å²) in [5, 5.41) is 15.7. The summed E-state index contributed by atoms with van der Waals surface area (Å²) in [6, 6.07) is 12.8. The molecule has 0 saturated heterocycles. The van der Waals surface area contributed by atoms with Gasteiger partial charge in [0.05, 0.1) is 11.7 Å². The van der Waals surface area contributed by atoms with E-state index in [1.165, 1.54) is 10.9 Å². The number of nitrogens with zero attached hydrogens (tertiary/aromatic N) is 5. The molecule has 3 aromatic heterocycles. The summed E-state index contributed by atoms with van der Waals surface area (Å²) in [4.78, 5) is 24.1. The van der Waals surface area contributed by atoms with Crippen LogP contribution in [0, 0.1) is 0 Å². The zero-order valence-electron chi connectivity index (χ0n) is 13.9. The van der Waals surface area contributed by atoms with Crippen LogP contribution in [0.15, 0.2) is 59.7 Å². The van der Waals surface area contributed by atoms with Crippen molar-refractivity contribution in [2.75, 3.05) is 6.54 Å². The van der Waals surface area contributed by atoms with E-state index in [2.05, 4.69) is 20.6 Å². The predicted molar refractivity (Wildman–Crippen MR) is 95.7 cm³/mol. The number of fused-ring (bicyclic) bond motifs is 2. The lowest BCUT2D eigenvalue weighted by Crippen LogP contribution is -2.31. The molecule has 0 fully saturated rings. The first-order chi connectivity index (χ1) is 12.7. The fourth-order valence-electron chi connectivity index (χ4n) is 2.85. The second-order valence-corrected chi connectivity index (χ2v) is 5.83. The van der Waals surface area contributed by atoms with Gasteiger partial charge in [-0.2, -0.15) is 5.10 Å². The monoisotopic (exact) mass is 348 g/mol. The molecule has 0 atom stereocenters. The Bertz CT molecular complexity index is 1150. The molecule has 0 saturated carbocycles. The summed E-state index contributed by atoms with van der Waals surface area (Å²) >= 11 is 0. The number of pyridine rings is 1. The second kappa shape index (κ2) is 6.75. The van der Waals surface area contributed by atoms with Crippen LogP contribution < -0.4 is 10.7 Å². The van der Waals surface area contributed by atoms with Crippen LogP contribution in [0.1, 0.15) is 5.82 Å². The van der Waals surface area contributed by atoms with E-state index in [0.29, 0.717) is 23.9 Å². The van der Waals surface area contributed by atoms with Gasteiger partial charge in [0.1, 0.15) is 12.4 Å². The van der Waals surface area contributed by atoms with Crippen molar-refractivity contribution < 1.29 is 4.79 Å². The van der Waals surface area contributed by atoms with Crippen LogP contribution in [-0.2, 0) is 17.8 Å². The number of nitrogens with one attached hydrogen (secondary N) is 1. The first-order valence-electron chi connectivity index (χ1n) is 8.22. The van der Waals surface area contributed by atoms with Gasteiger partial charge in [0.2, 0.25) is 11.3 Å². The Labute approximate surface area is 148 Å². The third kappa shape index (κ3) is 3.04. The molecule has 4 aromatic rings. The smallest absolute Gasteiger partial charge is 0.241 e. The van der Waals surface area contributed by atoms with Crippen molar-refractivity contribution in [2.24, 2.45) is 0 Å². The third-order valence-corrected chi connectivity index (χ3v) is 4.11. The van der Waals surface area contributed by atoms with Crippen LogP contribution in [0.5, 0.6) is 0 Å². The Morgan fingerprint density at radius 3 is 2.85 bits per heavy atom. The predicted octanol–water partition coefficient (Wildman–Crippen LogP) is 0.798. The van der Waals surface area contributed by atoms with Gasteiger partial charge in [0, 0.05) is 24.5 Å². The highest BCUT2D eigenvalue weighted by Gasteiger charge is 2.09. The zero-order chi connectivity index (χ0) is 17.9. The Morgan fingerprint density at radius 1 is 1.08 bits per heavy atom. The summed E-state index contributed by atoms with van der Waals surface area (Å²) in [6.07, 6.45) is 3.69. The Kier molecular flexibility index (Phi) is 4.14. The van der Waals surface area contributed by atoms with Crippen molar-refractivity contribution in [2.45, 2.75) is 13.0 Å². The fourth-order valence-corrected chi connectivity index (χ4v) is 2.85. The SMILES string of the molecule is O=C(Cn1ncc(=O)c2ccccc21)NCCc1nnc2ccccn12. The maximum absolute atomic E-state index is 12.2. The normalized spacial score (nSPS) is 11.1. The molecule has 0 aliphatic carbocycles. The van der Waals surface area contributed by atoms with Crippen molar-refractivity contribution in [1.82, 2.24) is 29.7 Å². The summed E-state index contributed by atoms with van der Waals surface area (Å²) < 4.78 is 3.42. The number of para-hydroxylation sites is 1. The number of rotatable bonds is 5. The number of hydrogen-bond donors (Lipinski definition) is 1. The highest BCUT2D eigenvalue weighted by molar-refractivity contribution is 5.81. The molecule has 130 valence electrons. The van der Waals surface area contributed by atoms with Crippen molar-refractivity contribution >= 4 is 22.5 Å². The molecule has 0 aliphatic heterocycles. The van der Waals surface area contributed by atoms with E-state index < -0.39 is 0 Å². The molecule has 3 heterocycles. The Balaban J connectivity index is 1.42. The first-order valence-corrected chi connectivity index (χ1v) is 8.22. The number of carbonyl (C=O) groups is 1. The molecule has 4 rings (SSSR count). The van der Waals surface area contributed by atoms with E-state index in [0.717, 1.165) is 11.5 Å². The highest BCUT2D eigenvalue weighted by Crippen LogP contribution is 2.07. The van der Waals surface area contributed by atoms with Crippen molar-refractivity contribution in [1.29, 1.82) is 0 Å². The summed E-state index contributed by atoms with van der Waals surface area (Å²) in [6.45, 7) is 0.480. The lowest BCUT2D eigenvalue weighted by Gasteiger charge is -2.09. The molecule has 0 bridgehead atoms. The van der Waals surface area contributed by atoms with Gasteiger partial charge in [-0.15, -0.1) is 10.2 Å². The number of carbonyl (C=O) groups excluding carboxylic acids is 1. The highest BCUT2D eigenvalue weighted by atomic mass is 16.2. The molecule has 1 amide bonds. The summed E-state index contributed by atoms with van der Waals surface area (Å²) in [5.41, 5.74) is 1.26. The van der Waals surface area contributed by atoms with Crippen LogP contribution in [0.3, 0.4) is 0 Å². The molecule has 0 unspecified atom stereocenters. The summed E-state index contributed by atoms with van der Waals surface area (Å²) in [7, 11) is 0. The van der Waals surface area contributed by atoms with Crippen LogP contribution in [0.4, 0.5) is 0 Å². The average Bonchev–Trinajstić information content (AvgIpc) is 3.08. The maximum Gasteiger partial charge on any atom is 0.241 e. The van der Waals surface area contributed by atoms with E-state index in [-0.39, 0.29) is 17.9 Å². The van der Waals surface area contributed by atoms with Gasteiger partial charge in [-0.1, -0.05) is 18.2 Å². The van der Waals surface area contributed by atoms with E-state index in [9.17, 15) is 9.59 Å². The maximum atomic E-state index is 12.2. The largest absolute Gasteiger partial charge is 0.354 e. The minimum atomic E-state index is -0.180. The van der Waals surface area contributed by atoms with Gasteiger partial charge < -0.3 is 5.32 Å². The van der Waals surface area contributed by atoms with Crippen molar-refractivity contribution in [3.8, 4) is 0 Å². The summed E-state index contributed by atoms with van der Waals surface area (Å²) in [5.74, 6) is 0.605. The Morgan fingerprint density at radius 2 is 1.92 bits per heavy atom.